The number of aliphatic hydroxyl groups excluding tert-OH is 1. The van der Waals surface area contributed by atoms with Crippen molar-refractivity contribution in [2.24, 2.45) is 5.92 Å². The number of carbonyl (C=O) groups is 2. The molecule has 0 saturated heterocycles. The summed E-state index contributed by atoms with van der Waals surface area (Å²) < 4.78 is 21.4. The Hall–Kier alpha value is -3.32. The molecule has 1 aromatic carbocycles. The molecule has 1 atom stereocenters. The fraction of sp³-hybridized carbons (Fsp3) is 0.360. The summed E-state index contributed by atoms with van der Waals surface area (Å²) in [6.07, 6.45) is 1.47. The smallest absolute Gasteiger partial charge is 0.337 e. The number of rotatable bonds is 10. The molecule has 32 heavy (non-hydrogen) atoms. The minimum atomic E-state index is -0.697. The van der Waals surface area contributed by atoms with Gasteiger partial charge in [0.25, 0.3) is 0 Å². The molecular formula is C25H30O7. The summed E-state index contributed by atoms with van der Waals surface area (Å²) in [6, 6.07) is 8.33. The molecule has 1 heterocycles. The highest BCUT2D eigenvalue weighted by molar-refractivity contribution is 5.92. The first-order valence-corrected chi connectivity index (χ1v) is 10.2. The van der Waals surface area contributed by atoms with Gasteiger partial charge in [-0.05, 0) is 47.4 Å². The first-order valence-electron chi connectivity index (χ1n) is 10.2. The van der Waals surface area contributed by atoms with Crippen LogP contribution in [-0.2, 0) is 20.9 Å². The average molecular weight is 443 g/mol. The topological polar surface area (TPSA) is 95.2 Å². The van der Waals surface area contributed by atoms with Gasteiger partial charge in [-0.15, -0.1) is 0 Å². The van der Waals surface area contributed by atoms with E-state index in [1.807, 2.05) is 19.9 Å². The van der Waals surface area contributed by atoms with E-state index in [1.54, 1.807) is 37.4 Å². The second-order valence-electron chi connectivity index (χ2n) is 7.50. The summed E-state index contributed by atoms with van der Waals surface area (Å²) in [5.41, 5.74) is 2.63. The number of allylic oxidation sites excluding steroid dienone is 2. The summed E-state index contributed by atoms with van der Waals surface area (Å²) in [7, 11) is 2.87. The number of esters is 2. The van der Waals surface area contributed by atoms with Crippen LogP contribution in [0.1, 0.15) is 60.7 Å². The van der Waals surface area contributed by atoms with Crippen molar-refractivity contribution in [1.29, 1.82) is 0 Å². The van der Waals surface area contributed by atoms with E-state index in [0.717, 1.165) is 11.1 Å². The molecule has 0 aliphatic heterocycles. The second-order valence-corrected chi connectivity index (χ2v) is 7.50. The number of aliphatic hydroxyl groups is 1. The minimum absolute atomic E-state index is 0.101. The van der Waals surface area contributed by atoms with Gasteiger partial charge in [0.15, 0.2) is 6.10 Å². The number of ether oxygens (including phenoxy) is 3. The third-order valence-corrected chi connectivity index (χ3v) is 4.95. The third-order valence-electron chi connectivity index (χ3n) is 4.95. The first kappa shape index (κ1) is 24.9. The fourth-order valence-corrected chi connectivity index (χ4v) is 3.19. The molecule has 2 rings (SSSR count). The second kappa shape index (κ2) is 11.3. The van der Waals surface area contributed by atoms with Crippen molar-refractivity contribution in [2.45, 2.75) is 39.9 Å². The van der Waals surface area contributed by atoms with Gasteiger partial charge < -0.3 is 23.7 Å². The summed E-state index contributed by atoms with van der Waals surface area (Å²) >= 11 is 0. The molecule has 0 unspecified atom stereocenters. The van der Waals surface area contributed by atoms with Crippen LogP contribution in [0, 0.1) is 5.92 Å². The van der Waals surface area contributed by atoms with Crippen molar-refractivity contribution in [1.82, 2.24) is 0 Å². The van der Waals surface area contributed by atoms with Gasteiger partial charge in [0.2, 0.25) is 0 Å². The zero-order chi connectivity index (χ0) is 23.8. The summed E-state index contributed by atoms with van der Waals surface area (Å²) in [6.45, 7) is 9.31. The average Bonchev–Trinajstić information content (AvgIpc) is 3.26. The van der Waals surface area contributed by atoms with Crippen molar-refractivity contribution >= 4 is 17.5 Å². The lowest BCUT2D eigenvalue weighted by atomic mass is 9.89. The standard InChI is InChI=1S/C25H30O7/c1-15(2)16(3)20(21-13-18(25(28)30-6)7-10-22(21)29-5)9-12-23(31-17(4)27)24-11-8-19(14-26)32-24/h7-11,13,15,23,26H,3,12,14H2,1-2,4-6H3/b20-9-/t23-/m0/s1. The van der Waals surface area contributed by atoms with Crippen LogP contribution < -0.4 is 4.74 Å². The van der Waals surface area contributed by atoms with Gasteiger partial charge in [-0.25, -0.2) is 4.79 Å². The SMILES string of the molecule is C=C(/C(=C/C[C@H](OC(C)=O)c1ccc(CO)o1)c1cc(C(=O)OC)ccc1OC)C(C)C. The monoisotopic (exact) mass is 442 g/mol. The highest BCUT2D eigenvalue weighted by Crippen LogP contribution is 2.36. The molecule has 0 spiro atoms. The Morgan fingerprint density at radius 3 is 2.44 bits per heavy atom. The molecule has 1 aromatic heterocycles. The number of furan rings is 1. The van der Waals surface area contributed by atoms with Crippen molar-refractivity contribution in [3.63, 3.8) is 0 Å². The summed E-state index contributed by atoms with van der Waals surface area (Å²) in [4.78, 5) is 23.8. The predicted octanol–water partition coefficient (Wildman–Crippen LogP) is 4.86. The van der Waals surface area contributed by atoms with Gasteiger partial charge in [0.1, 0.15) is 23.9 Å². The molecule has 2 aromatic rings. The van der Waals surface area contributed by atoms with Crippen LogP contribution in [0.3, 0.4) is 0 Å². The molecule has 172 valence electrons. The predicted molar refractivity (Wildman–Crippen MR) is 120 cm³/mol. The molecule has 0 amide bonds. The maximum atomic E-state index is 12.1. The molecule has 1 N–H and O–H groups in total. The molecule has 0 aliphatic carbocycles. The zero-order valence-electron chi connectivity index (χ0n) is 19.1. The van der Waals surface area contributed by atoms with Gasteiger partial charge in [0, 0.05) is 18.9 Å². The van der Waals surface area contributed by atoms with E-state index in [-0.39, 0.29) is 18.9 Å². The quantitative estimate of drug-likeness (QED) is 0.415. The van der Waals surface area contributed by atoms with E-state index in [1.165, 1.54) is 14.0 Å². The lowest BCUT2D eigenvalue weighted by molar-refractivity contribution is -0.147. The molecule has 0 aliphatic rings. The van der Waals surface area contributed by atoms with Crippen molar-refractivity contribution in [2.75, 3.05) is 14.2 Å². The molecule has 0 saturated carbocycles. The van der Waals surface area contributed by atoms with E-state index in [4.69, 9.17) is 18.6 Å². The number of hydrogen-bond donors (Lipinski definition) is 1. The van der Waals surface area contributed by atoms with Crippen LogP contribution in [0.15, 0.2) is 53.0 Å². The molecule has 7 heteroatoms. The van der Waals surface area contributed by atoms with Crippen LogP contribution in [0.25, 0.3) is 5.57 Å². The van der Waals surface area contributed by atoms with E-state index < -0.39 is 18.0 Å². The van der Waals surface area contributed by atoms with E-state index in [2.05, 4.69) is 6.58 Å². The largest absolute Gasteiger partial charge is 0.496 e. The fourth-order valence-electron chi connectivity index (χ4n) is 3.19. The Balaban J connectivity index is 2.55. The van der Waals surface area contributed by atoms with Crippen LogP contribution in [0.4, 0.5) is 0 Å². The molecular weight excluding hydrogens is 412 g/mol. The number of carbonyl (C=O) groups excluding carboxylic acids is 2. The van der Waals surface area contributed by atoms with E-state index in [9.17, 15) is 14.7 Å². The first-order chi connectivity index (χ1) is 15.2. The zero-order valence-corrected chi connectivity index (χ0v) is 19.1. The molecule has 0 bridgehead atoms. The third kappa shape index (κ3) is 6.11. The Morgan fingerprint density at radius 2 is 1.91 bits per heavy atom. The summed E-state index contributed by atoms with van der Waals surface area (Å²) in [5, 5.41) is 9.29. The normalized spacial score (nSPS) is 12.4. The Morgan fingerprint density at radius 1 is 1.19 bits per heavy atom. The van der Waals surface area contributed by atoms with Crippen molar-refractivity contribution in [3.8, 4) is 5.75 Å². The molecule has 0 radical (unpaired) electrons. The molecule has 0 fully saturated rings. The van der Waals surface area contributed by atoms with Gasteiger partial charge in [-0.3, -0.25) is 4.79 Å². The van der Waals surface area contributed by atoms with Gasteiger partial charge in [-0.2, -0.15) is 0 Å². The van der Waals surface area contributed by atoms with Crippen LogP contribution >= 0.6 is 0 Å². The molecule has 7 nitrogen and oxygen atoms in total. The number of methoxy groups -OCH3 is 2. The van der Waals surface area contributed by atoms with Gasteiger partial charge in [0.05, 0.1) is 19.8 Å². The number of benzene rings is 1. The van der Waals surface area contributed by atoms with Crippen molar-refractivity contribution in [3.05, 3.63) is 71.2 Å². The highest BCUT2D eigenvalue weighted by atomic mass is 16.6. The Bertz CT molecular complexity index is 997. The van der Waals surface area contributed by atoms with E-state index >= 15 is 0 Å². The van der Waals surface area contributed by atoms with Crippen molar-refractivity contribution < 1.29 is 33.3 Å². The van der Waals surface area contributed by atoms with E-state index in [0.29, 0.717) is 28.4 Å². The van der Waals surface area contributed by atoms with Gasteiger partial charge in [-0.1, -0.05) is 26.5 Å². The lowest BCUT2D eigenvalue weighted by Gasteiger charge is -2.20. The van der Waals surface area contributed by atoms with Gasteiger partial charge >= 0.3 is 11.9 Å². The number of hydrogen-bond acceptors (Lipinski definition) is 7. The summed E-state index contributed by atoms with van der Waals surface area (Å²) in [5.74, 6) is 0.540. The minimum Gasteiger partial charge on any atom is -0.496 e. The highest BCUT2D eigenvalue weighted by Gasteiger charge is 2.21. The van der Waals surface area contributed by atoms with Crippen LogP contribution in [0.5, 0.6) is 5.75 Å². The maximum Gasteiger partial charge on any atom is 0.337 e. The van der Waals surface area contributed by atoms with Crippen LogP contribution in [-0.4, -0.2) is 31.3 Å². The Kier molecular flexibility index (Phi) is 8.84. The Labute approximate surface area is 188 Å². The lowest BCUT2D eigenvalue weighted by Crippen LogP contribution is -2.08. The maximum absolute atomic E-state index is 12.1. The van der Waals surface area contributed by atoms with Crippen LogP contribution in [0.2, 0.25) is 0 Å².